The molecule has 6 nitrogen and oxygen atoms in total. The molecule has 0 radical (unpaired) electrons. The van der Waals surface area contributed by atoms with E-state index in [1.807, 2.05) is 49.4 Å². The SMILES string of the molecule is CCCCc1nc(C)n(-c2ccc3c(c2)CC(N)O3)c(=O)c1CC1=CC=C(c2ccccc2C#N)CC1. The zero-order valence-corrected chi connectivity index (χ0v) is 21.5. The molecule has 37 heavy (non-hydrogen) atoms. The Balaban J connectivity index is 1.51. The Morgan fingerprint density at radius 1 is 1.19 bits per heavy atom. The Morgan fingerprint density at radius 2 is 2.03 bits per heavy atom. The van der Waals surface area contributed by atoms with Crippen LogP contribution in [-0.2, 0) is 19.3 Å². The molecule has 0 fully saturated rings. The maximum Gasteiger partial charge on any atom is 0.261 e. The number of nitrogens with zero attached hydrogens (tertiary/aromatic N) is 3. The molecule has 1 aromatic heterocycles. The highest BCUT2D eigenvalue weighted by atomic mass is 16.5. The van der Waals surface area contributed by atoms with Gasteiger partial charge in [-0.2, -0.15) is 5.26 Å². The molecular formula is C31H32N4O2. The summed E-state index contributed by atoms with van der Waals surface area (Å²) in [6, 6.07) is 15.8. The van der Waals surface area contributed by atoms with Gasteiger partial charge in [-0.05, 0) is 68.0 Å². The molecule has 0 amide bonds. The number of benzene rings is 2. The van der Waals surface area contributed by atoms with E-state index in [9.17, 15) is 10.1 Å². The lowest BCUT2D eigenvalue weighted by Gasteiger charge is -2.19. The molecule has 2 aliphatic rings. The van der Waals surface area contributed by atoms with E-state index in [1.54, 1.807) is 4.57 Å². The highest BCUT2D eigenvalue weighted by molar-refractivity contribution is 5.73. The third kappa shape index (κ3) is 5.00. The molecule has 188 valence electrons. The maximum atomic E-state index is 14.0. The van der Waals surface area contributed by atoms with Crippen molar-refractivity contribution < 1.29 is 4.74 Å². The van der Waals surface area contributed by atoms with Crippen LogP contribution in [0.1, 0.15) is 66.4 Å². The number of aryl methyl sites for hydroxylation is 2. The van der Waals surface area contributed by atoms with Crippen LogP contribution in [-0.4, -0.2) is 15.8 Å². The fraction of sp³-hybridized carbons (Fsp3) is 0.323. The molecule has 3 aromatic rings. The van der Waals surface area contributed by atoms with Crippen LogP contribution in [0.2, 0.25) is 0 Å². The first-order valence-corrected chi connectivity index (χ1v) is 13.0. The predicted molar refractivity (Wildman–Crippen MR) is 146 cm³/mol. The molecule has 2 N–H and O–H groups in total. The van der Waals surface area contributed by atoms with Crippen molar-refractivity contribution >= 4 is 5.57 Å². The number of hydrogen-bond donors (Lipinski definition) is 1. The first-order chi connectivity index (χ1) is 18.0. The van der Waals surface area contributed by atoms with Crippen molar-refractivity contribution in [3.8, 4) is 17.5 Å². The third-order valence-corrected chi connectivity index (χ3v) is 7.23. The Bertz CT molecular complexity index is 1510. The largest absolute Gasteiger partial charge is 0.475 e. The number of unbranched alkanes of at least 4 members (excludes halogenated alkanes) is 1. The topological polar surface area (TPSA) is 93.9 Å². The summed E-state index contributed by atoms with van der Waals surface area (Å²) in [6.45, 7) is 4.05. The van der Waals surface area contributed by atoms with Gasteiger partial charge in [0.25, 0.3) is 5.56 Å². The molecule has 2 heterocycles. The molecule has 0 saturated carbocycles. The number of nitriles is 1. The van der Waals surface area contributed by atoms with Crippen LogP contribution in [0.5, 0.6) is 5.75 Å². The number of nitrogens with two attached hydrogens (primary N) is 1. The fourth-order valence-corrected chi connectivity index (χ4v) is 5.29. The van der Waals surface area contributed by atoms with Gasteiger partial charge in [-0.1, -0.05) is 49.3 Å². The van der Waals surface area contributed by atoms with E-state index in [1.165, 1.54) is 5.57 Å². The van der Waals surface area contributed by atoms with Crippen molar-refractivity contribution in [3.05, 3.63) is 104 Å². The van der Waals surface area contributed by atoms with E-state index >= 15 is 0 Å². The summed E-state index contributed by atoms with van der Waals surface area (Å²) in [5.74, 6) is 1.47. The molecule has 1 atom stereocenters. The number of allylic oxidation sites excluding steroid dienone is 4. The van der Waals surface area contributed by atoms with Gasteiger partial charge in [-0.15, -0.1) is 0 Å². The van der Waals surface area contributed by atoms with Crippen LogP contribution in [0.25, 0.3) is 11.3 Å². The van der Waals surface area contributed by atoms with Crippen LogP contribution < -0.4 is 16.0 Å². The highest BCUT2D eigenvalue weighted by Crippen LogP contribution is 2.31. The molecule has 0 bridgehead atoms. The Kier molecular flexibility index (Phi) is 7.07. The highest BCUT2D eigenvalue weighted by Gasteiger charge is 2.22. The molecule has 5 rings (SSSR count). The Hall–Kier alpha value is -3.95. The van der Waals surface area contributed by atoms with Crippen LogP contribution in [0, 0.1) is 18.3 Å². The first-order valence-electron chi connectivity index (χ1n) is 13.0. The first kappa shape index (κ1) is 24.7. The molecule has 0 spiro atoms. The lowest BCUT2D eigenvalue weighted by atomic mass is 9.88. The zero-order valence-electron chi connectivity index (χ0n) is 21.5. The van der Waals surface area contributed by atoms with E-state index in [0.29, 0.717) is 24.2 Å². The van der Waals surface area contributed by atoms with Gasteiger partial charge in [0.05, 0.1) is 23.0 Å². The molecule has 1 aliphatic heterocycles. The second-order valence-corrected chi connectivity index (χ2v) is 9.83. The van der Waals surface area contributed by atoms with Gasteiger partial charge >= 0.3 is 0 Å². The monoisotopic (exact) mass is 492 g/mol. The number of ether oxygens (including phenoxy) is 1. The van der Waals surface area contributed by atoms with E-state index in [0.717, 1.165) is 71.5 Å². The van der Waals surface area contributed by atoms with Gasteiger partial charge in [0, 0.05) is 24.0 Å². The fourth-order valence-electron chi connectivity index (χ4n) is 5.29. The second kappa shape index (κ2) is 10.6. The second-order valence-electron chi connectivity index (χ2n) is 9.83. The number of hydrogen-bond acceptors (Lipinski definition) is 5. The minimum Gasteiger partial charge on any atom is -0.475 e. The van der Waals surface area contributed by atoms with Crippen LogP contribution in [0.15, 0.2) is 65.0 Å². The summed E-state index contributed by atoms with van der Waals surface area (Å²) >= 11 is 0. The van der Waals surface area contributed by atoms with Gasteiger partial charge < -0.3 is 4.74 Å². The molecule has 1 unspecified atom stereocenters. The molecule has 0 saturated heterocycles. The van der Waals surface area contributed by atoms with Crippen molar-refractivity contribution in [2.45, 2.75) is 65.0 Å². The average molecular weight is 493 g/mol. The lowest BCUT2D eigenvalue weighted by molar-refractivity contribution is 0.241. The maximum absolute atomic E-state index is 14.0. The normalized spacial score (nSPS) is 16.4. The average Bonchev–Trinajstić information content (AvgIpc) is 3.29. The van der Waals surface area contributed by atoms with Crippen LogP contribution in [0.3, 0.4) is 0 Å². The van der Waals surface area contributed by atoms with E-state index in [2.05, 4.69) is 25.1 Å². The lowest BCUT2D eigenvalue weighted by Crippen LogP contribution is -2.28. The van der Waals surface area contributed by atoms with Crippen molar-refractivity contribution in [2.75, 3.05) is 0 Å². The summed E-state index contributed by atoms with van der Waals surface area (Å²) in [5.41, 5.74) is 13.5. The van der Waals surface area contributed by atoms with Gasteiger partial charge in [0.2, 0.25) is 0 Å². The minimum atomic E-state index is -0.343. The van der Waals surface area contributed by atoms with Crippen molar-refractivity contribution in [2.24, 2.45) is 5.73 Å². The van der Waals surface area contributed by atoms with E-state index in [4.69, 9.17) is 15.5 Å². The number of aromatic nitrogens is 2. The summed E-state index contributed by atoms with van der Waals surface area (Å²) < 4.78 is 7.37. The Morgan fingerprint density at radius 3 is 2.78 bits per heavy atom. The van der Waals surface area contributed by atoms with Crippen LogP contribution in [0.4, 0.5) is 0 Å². The number of fused-ring (bicyclic) bond motifs is 1. The minimum absolute atomic E-state index is 0.00716. The Labute approximate surface area is 217 Å². The van der Waals surface area contributed by atoms with Gasteiger partial charge in [-0.3, -0.25) is 15.1 Å². The summed E-state index contributed by atoms with van der Waals surface area (Å²) in [5, 5.41) is 9.48. The van der Waals surface area contributed by atoms with Crippen molar-refractivity contribution in [1.29, 1.82) is 5.26 Å². The van der Waals surface area contributed by atoms with Crippen molar-refractivity contribution in [3.63, 3.8) is 0 Å². The smallest absolute Gasteiger partial charge is 0.261 e. The van der Waals surface area contributed by atoms with Gasteiger partial charge in [0.1, 0.15) is 11.6 Å². The quantitative estimate of drug-likeness (QED) is 0.482. The predicted octanol–water partition coefficient (Wildman–Crippen LogP) is 5.32. The molecule has 2 aromatic carbocycles. The van der Waals surface area contributed by atoms with Gasteiger partial charge in [0.15, 0.2) is 6.23 Å². The third-order valence-electron chi connectivity index (χ3n) is 7.23. The zero-order chi connectivity index (χ0) is 25.9. The van der Waals surface area contributed by atoms with E-state index < -0.39 is 0 Å². The van der Waals surface area contributed by atoms with E-state index in [-0.39, 0.29) is 11.8 Å². The molecule has 6 heteroatoms. The standard InChI is InChI=1S/C31H32N4O2/c1-3-4-9-28-27(16-21-10-12-22(13-11-21)26-8-6-5-7-23(26)19-32)31(36)35(20(2)34-28)25-14-15-29-24(17-25)18-30(33)37-29/h5-8,10,12,14-15,17,30H,3-4,9,11,13,16,18,33H2,1-2H3. The van der Waals surface area contributed by atoms with Gasteiger partial charge in [-0.25, -0.2) is 4.98 Å². The number of rotatable bonds is 7. The van der Waals surface area contributed by atoms with Crippen LogP contribution >= 0.6 is 0 Å². The molecule has 1 aliphatic carbocycles. The molecular weight excluding hydrogens is 460 g/mol. The summed E-state index contributed by atoms with van der Waals surface area (Å²) in [6.07, 6.45) is 9.60. The summed E-state index contributed by atoms with van der Waals surface area (Å²) in [4.78, 5) is 18.9. The summed E-state index contributed by atoms with van der Waals surface area (Å²) in [7, 11) is 0. The van der Waals surface area contributed by atoms with Crippen molar-refractivity contribution in [1.82, 2.24) is 9.55 Å².